The molecule has 17 heavy (non-hydrogen) atoms. The van der Waals surface area contributed by atoms with E-state index in [9.17, 15) is 4.79 Å². The standard InChI is InChI=1S/C11H15N5O/c12-9-7-14(8-9)5-6-16-11(17)15-4-2-1-3-10(15)13-16/h1-4,9H,5-8,12H2. The number of nitrogens with two attached hydrogens (primary N) is 1. The maximum absolute atomic E-state index is 11.9. The van der Waals surface area contributed by atoms with Gasteiger partial charge in [0.2, 0.25) is 0 Å². The van der Waals surface area contributed by atoms with Gasteiger partial charge in [-0.1, -0.05) is 6.07 Å². The summed E-state index contributed by atoms with van der Waals surface area (Å²) in [6, 6.07) is 5.83. The van der Waals surface area contributed by atoms with Crippen molar-refractivity contribution in [2.75, 3.05) is 19.6 Å². The average molecular weight is 233 g/mol. The van der Waals surface area contributed by atoms with Crippen LogP contribution in [0.1, 0.15) is 0 Å². The molecular formula is C11H15N5O. The normalized spacial score (nSPS) is 17.5. The van der Waals surface area contributed by atoms with Crippen molar-refractivity contribution in [3.8, 4) is 0 Å². The smallest absolute Gasteiger partial charge is 0.325 e. The number of rotatable bonds is 3. The van der Waals surface area contributed by atoms with E-state index in [1.54, 1.807) is 10.6 Å². The Bertz CT molecular complexity index is 581. The van der Waals surface area contributed by atoms with Gasteiger partial charge in [0.15, 0.2) is 5.65 Å². The van der Waals surface area contributed by atoms with Crippen molar-refractivity contribution in [1.82, 2.24) is 19.1 Å². The van der Waals surface area contributed by atoms with Crippen LogP contribution in [0.25, 0.3) is 5.65 Å². The van der Waals surface area contributed by atoms with Gasteiger partial charge >= 0.3 is 5.69 Å². The first-order valence-electron chi connectivity index (χ1n) is 5.76. The van der Waals surface area contributed by atoms with Crippen LogP contribution in [0.3, 0.4) is 0 Å². The van der Waals surface area contributed by atoms with E-state index in [0.717, 1.165) is 19.6 Å². The predicted molar refractivity (Wildman–Crippen MR) is 63.9 cm³/mol. The first-order chi connectivity index (χ1) is 8.24. The molecule has 3 rings (SSSR count). The molecule has 0 amide bonds. The summed E-state index contributed by atoms with van der Waals surface area (Å²) in [6.45, 7) is 3.29. The highest BCUT2D eigenvalue weighted by Gasteiger charge is 2.22. The van der Waals surface area contributed by atoms with Gasteiger partial charge < -0.3 is 5.73 Å². The van der Waals surface area contributed by atoms with Crippen LogP contribution in [-0.2, 0) is 6.54 Å². The van der Waals surface area contributed by atoms with Gasteiger partial charge in [0.1, 0.15) is 0 Å². The summed E-state index contributed by atoms with van der Waals surface area (Å²) in [5.41, 5.74) is 6.31. The number of aromatic nitrogens is 3. The fourth-order valence-corrected chi connectivity index (χ4v) is 2.14. The Labute approximate surface area is 98.2 Å². The molecule has 2 N–H and O–H groups in total. The molecule has 0 spiro atoms. The zero-order valence-electron chi connectivity index (χ0n) is 9.49. The van der Waals surface area contributed by atoms with Crippen LogP contribution in [-0.4, -0.2) is 44.8 Å². The Hall–Kier alpha value is -1.66. The monoisotopic (exact) mass is 233 g/mol. The summed E-state index contributed by atoms with van der Waals surface area (Å²) in [6.07, 6.45) is 1.74. The molecule has 1 saturated heterocycles. The molecule has 6 nitrogen and oxygen atoms in total. The molecule has 0 aromatic carbocycles. The largest absolute Gasteiger partial charge is 0.350 e. The first-order valence-corrected chi connectivity index (χ1v) is 5.76. The molecule has 0 radical (unpaired) electrons. The van der Waals surface area contributed by atoms with Crippen LogP contribution in [0, 0.1) is 0 Å². The van der Waals surface area contributed by atoms with E-state index in [1.165, 1.54) is 4.68 Å². The van der Waals surface area contributed by atoms with Crippen molar-refractivity contribution in [3.63, 3.8) is 0 Å². The molecule has 6 heteroatoms. The van der Waals surface area contributed by atoms with E-state index in [2.05, 4.69) is 10.00 Å². The lowest BCUT2D eigenvalue weighted by molar-refractivity contribution is 0.143. The average Bonchev–Trinajstić information content (AvgIpc) is 2.61. The lowest BCUT2D eigenvalue weighted by Gasteiger charge is -2.36. The molecular weight excluding hydrogens is 218 g/mol. The van der Waals surface area contributed by atoms with Gasteiger partial charge in [0.25, 0.3) is 0 Å². The highest BCUT2D eigenvalue weighted by atomic mass is 16.2. The van der Waals surface area contributed by atoms with Gasteiger partial charge in [-0.25, -0.2) is 9.48 Å². The number of nitrogens with zero attached hydrogens (tertiary/aromatic N) is 4. The van der Waals surface area contributed by atoms with Crippen molar-refractivity contribution < 1.29 is 0 Å². The molecule has 2 aromatic heterocycles. The number of pyridine rings is 1. The second kappa shape index (κ2) is 3.97. The Morgan fingerprint density at radius 1 is 1.35 bits per heavy atom. The van der Waals surface area contributed by atoms with Gasteiger partial charge in [-0.15, -0.1) is 5.10 Å². The Morgan fingerprint density at radius 3 is 2.88 bits per heavy atom. The first kappa shape index (κ1) is 10.5. The maximum Gasteiger partial charge on any atom is 0.350 e. The van der Waals surface area contributed by atoms with E-state index in [0.29, 0.717) is 18.2 Å². The number of hydrogen-bond acceptors (Lipinski definition) is 4. The van der Waals surface area contributed by atoms with E-state index in [-0.39, 0.29) is 5.69 Å². The van der Waals surface area contributed by atoms with E-state index >= 15 is 0 Å². The van der Waals surface area contributed by atoms with E-state index in [1.807, 2.05) is 18.2 Å². The third-order valence-corrected chi connectivity index (χ3v) is 3.10. The minimum absolute atomic E-state index is 0.0783. The SMILES string of the molecule is NC1CN(CCn2nc3ccccn3c2=O)C1. The van der Waals surface area contributed by atoms with Crippen LogP contribution < -0.4 is 11.4 Å². The maximum atomic E-state index is 11.9. The van der Waals surface area contributed by atoms with Crippen LogP contribution in [0.15, 0.2) is 29.2 Å². The highest BCUT2D eigenvalue weighted by Crippen LogP contribution is 2.04. The lowest BCUT2D eigenvalue weighted by atomic mass is 10.1. The molecule has 0 aliphatic carbocycles. The van der Waals surface area contributed by atoms with Crippen molar-refractivity contribution in [3.05, 3.63) is 34.9 Å². The minimum Gasteiger partial charge on any atom is -0.325 e. The quantitative estimate of drug-likeness (QED) is 0.749. The van der Waals surface area contributed by atoms with Crippen LogP contribution in [0.4, 0.5) is 0 Å². The van der Waals surface area contributed by atoms with E-state index in [4.69, 9.17) is 5.73 Å². The molecule has 0 atom stereocenters. The summed E-state index contributed by atoms with van der Waals surface area (Å²) in [4.78, 5) is 14.2. The van der Waals surface area contributed by atoms with Gasteiger partial charge in [0.05, 0.1) is 6.54 Å². The third kappa shape index (κ3) is 1.85. The molecule has 3 heterocycles. The molecule has 0 bridgehead atoms. The third-order valence-electron chi connectivity index (χ3n) is 3.10. The minimum atomic E-state index is -0.0783. The highest BCUT2D eigenvalue weighted by molar-refractivity contribution is 5.35. The van der Waals surface area contributed by atoms with E-state index < -0.39 is 0 Å². The molecule has 1 aliphatic heterocycles. The van der Waals surface area contributed by atoms with Crippen LogP contribution >= 0.6 is 0 Å². The lowest BCUT2D eigenvalue weighted by Crippen LogP contribution is -2.56. The molecule has 0 saturated carbocycles. The second-order valence-corrected chi connectivity index (χ2v) is 4.45. The Kier molecular flexibility index (Phi) is 2.45. The van der Waals surface area contributed by atoms with Crippen LogP contribution in [0.2, 0.25) is 0 Å². The molecule has 2 aromatic rings. The number of hydrogen-bond donors (Lipinski definition) is 1. The molecule has 1 fully saturated rings. The Morgan fingerprint density at radius 2 is 2.18 bits per heavy atom. The number of fused-ring (bicyclic) bond motifs is 1. The van der Waals surface area contributed by atoms with Crippen LogP contribution in [0.5, 0.6) is 0 Å². The van der Waals surface area contributed by atoms with Gasteiger partial charge in [0, 0.05) is 31.9 Å². The van der Waals surface area contributed by atoms with Gasteiger partial charge in [-0.05, 0) is 12.1 Å². The predicted octanol–water partition coefficient (Wildman–Crippen LogP) is -0.861. The molecule has 1 aliphatic rings. The summed E-state index contributed by atoms with van der Waals surface area (Å²) in [5, 5.41) is 4.27. The van der Waals surface area contributed by atoms with Crippen molar-refractivity contribution in [1.29, 1.82) is 0 Å². The zero-order valence-corrected chi connectivity index (χ0v) is 9.49. The summed E-state index contributed by atoms with van der Waals surface area (Å²) < 4.78 is 3.07. The second-order valence-electron chi connectivity index (χ2n) is 4.45. The summed E-state index contributed by atoms with van der Waals surface area (Å²) in [7, 11) is 0. The van der Waals surface area contributed by atoms with Crippen molar-refractivity contribution in [2.24, 2.45) is 5.73 Å². The summed E-state index contributed by atoms with van der Waals surface area (Å²) in [5.74, 6) is 0. The number of likely N-dealkylation sites (tertiary alicyclic amines) is 1. The Balaban J connectivity index is 1.76. The van der Waals surface area contributed by atoms with Crippen molar-refractivity contribution in [2.45, 2.75) is 12.6 Å². The van der Waals surface area contributed by atoms with Gasteiger partial charge in [-0.3, -0.25) is 9.30 Å². The molecule has 0 unspecified atom stereocenters. The zero-order chi connectivity index (χ0) is 11.8. The van der Waals surface area contributed by atoms with Crippen molar-refractivity contribution >= 4 is 5.65 Å². The molecule has 90 valence electrons. The fraction of sp³-hybridized carbons (Fsp3) is 0.455. The van der Waals surface area contributed by atoms with Gasteiger partial charge in [-0.2, -0.15) is 0 Å². The summed E-state index contributed by atoms with van der Waals surface area (Å²) >= 11 is 0. The fourth-order valence-electron chi connectivity index (χ4n) is 2.14. The topological polar surface area (TPSA) is 68.6 Å².